The Morgan fingerprint density at radius 3 is 2.83 bits per heavy atom. The number of nitrogen functional groups attached to an aromatic ring is 1. The van der Waals surface area contributed by atoms with Gasteiger partial charge in [-0.1, -0.05) is 6.07 Å². The summed E-state index contributed by atoms with van der Waals surface area (Å²) in [7, 11) is 1.57. The standard InChI is InChI=1S/C13H19N3O2/c1-18-11-6-4-5-10(13(11)14)15-9-12(17)16-7-2-3-8-16/h4-6,15H,2-3,7-9,14H2,1H3. The molecule has 0 atom stereocenters. The van der Waals surface area contributed by atoms with E-state index in [9.17, 15) is 4.79 Å². The molecule has 1 aliphatic heterocycles. The Morgan fingerprint density at radius 2 is 2.17 bits per heavy atom. The molecule has 3 N–H and O–H groups in total. The van der Waals surface area contributed by atoms with Gasteiger partial charge >= 0.3 is 0 Å². The minimum Gasteiger partial charge on any atom is -0.495 e. The number of hydrogen-bond acceptors (Lipinski definition) is 4. The molecule has 98 valence electrons. The summed E-state index contributed by atoms with van der Waals surface area (Å²) in [6, 6.07) is 5.48. The molecule has 5 heteroatoms. The Morgan fingerprint density at radius 1 is 1.44 bits per heavy atom. The van der Waals surface area contributed by atoms with Crippen molar-refractivity contribution in [3.63, 3.8) is 0 Å². The molecule has 1 saturated heterocycles. The first kappa shape index (κ1) is 12.5. The summed E-state index contributed by atoms with van der Waals surface area (Å²) in [6.07, 6.45) is 2.21. The number of anilines is 2. The van der Waals surface area contributed by atoms with Crippen LogP contribution >= 0.6 is 0 Å². The number of rotatable bonds is 4. The predicted molar refractivity (Wildman–Crippen MR) is 71.7 cm³/mol. The number of nitrogens with one attached hydrogen (secondary N) is 1. The summed E-state index contributed by atoms with van der Waals surface area (Å²) in [5.41, 5.74) is 7.20. The van der Waals surface area contributed by atoms with E-state index in [0.29, 0.717) is 11.4 Å². The van der Waals surface area contributed by atoms with Gasteiger partial charge < -0.3 is 20.7 Å². The number of carbonyl (C=O) groups is 1. The fraction of sp³-hybridized carbons (Fsp3) is 0.462. The molecule has 0 spiro atoms. The van der Waals surface area contributed by atoms with E-state index < -0.39 is 0 Å². The third-order valence-corrected chi connectivity index (χ3v) is 3.17. The fourth-order valence-electron chi connectivity index (χ4n) is 2.13. The second-order valence-corrected chi connectivity index (χ2v) is 4.36. The summed E-state index contributed by atoms with van der Waals surface area (Å²) >= 11 is 0. The van der Waals surface area contributed by atoms with E-state index in [0.717, 1.165) is 31.6 Å². The number of nitrogens with zero attached hydrogens (tertiary/aromatic N) is 1. The van der Waals surface area contributed by atoms with Crippen LogP contribution in [0, 0.1) is 0 Å². The van der Waals surface area contributed by atoms with Gasteiger partial charge in [-0.25, -0.2) is 0 Å². The van der Waals surface area contributed by atoms with Crippen molar-refractivity contribution in [3.8, 4) is 5.75 Å². The van der Waals surface area contributed by atoms with Gasteiger partial charge in [0.15, 0.2) is 0 Å². The molecule has 1 aliphatic rings. The summed E-state index contributed by atoms with van der Waals surface area (Å²) in [4.78, 5) is 13.8. The maximum absolute atomic E-state index is 11.9. The van der Waals surface area contributed by atoms with Crippen LogP contribution in [0.15, 0.2) is 18.2 Å². The summed E-state index contributed by atoms with van der Waals surface area (Å²) in [5.74, 6) is 0.739. The maximum Gasteiger partial charge on any atom is 0.241 e. The molecule has 0 aliphatic carbocycles. The molecular formula is C13H19N3O2. The van der Waals surface area contributed by atoms with Crippen molar-refractivity contribution in [1.29, 1.82) is 0 Å². The van der Waals surface area contributed by atoms with Gasteiger partial charge in [0.05, 0.1) is 25.0 Å². The molecule has 0 radical (unpaired) electrons. The Labute approximate surface area is 107 Å². The van der Waals surface area contributed by atoms with Gasteiger partial charge in [0.1, 0.15) is 5.75 Å². The highest BCUT2D eigenvalue weighted by Crippen LogP contribution is 2.28. The minimum absolute atomic E-state index is 0.120. The molecule has 2 rings (SSSR count). The molecular weight excluding hydrogens is 230 g/mol. The quantitative estimate of drug-likeness (QED) is 0.790. The number of benzene rings is 1. The average molecular weight is 249 g/mol. The zero-order chi connectivity index (χ0) is 13.0. The van der Waals surface area contributed by atoms with Crippen molar-refractivity contribution in [1.82, 2.24) is 4.90 Å². The van der Waals surface area contributed by atoms with E-state index in [-0.39, 0.29) is 12.5 Å². The monoisotopic (exact) mass is 249 g/mol. The number of likely N-dealkylation sites (tertiary alicyclic amines) is 1. The number of para-hydroxylation sites is 1. The number of carbonyl (C=O) groups excluding carboxylic acids is 1. The van der Waals surface area contributed by atoms with Gasteiger partial charge in [-0.3, -0.25) is 4.79 Å². The largest absolute Gasteiger partial charge is 0.495 e. The topological polar surface area (TPSA) is 67.6 Å². The van der Waals surface area contributed by atoms with Crippen molar-refractivity contribution in [2.45, 2.75) is 12.8 Å². The van der Waals surface area contributed by atoms with Gasteiger partial charge in [-0.2, -0.15) is 0 Å². The molecule has 0 bridgehead atoms. The SMILES string of the molecule is COc1cccc(NCC(=O)N2CCCC2)c1N. The van der Waals surface area contributed by atoms with E-state index in [1.165, 1.54) is 0 Å². The van der Waals surface area contributed by atoms with Crippen molar-refractivity contribution in [2.75, 3.05) is 37.8 Å². The third-order valence-electron chi connectivity index (χ3n) is 3.17. The van der Waals surface area contributed by atoms with Gasteiger partial charge in [-0.15, -0.1) is 0 Å². The predicted octanol–water partition coefficient (Wildman–Crippen LogP) is 1.31. The van der Waals surface area contributed by atoms with Crippen LogP contribution in [0.4, 0.5) is 11.4 Å². The molecule has 0 aromatic heterocycles. The number of ether oxygens (including phenoxy) is 1. The lowest BCUT2D eigenvalue weighted by Gasteiger charge is -2.17. The minimum atomic E-state index is 0.120. The molecule has 1 fully saturated rings. The van der Waals surface area contributed by atoms with Gasteiger partial charge in [0, 0.05) is 13.1 Å². The van der Waals surface area contributed by atoms with Crippen molar-refractivity contribution in [2.24, 2.45) is 0 Å². The smallest absolute Gasteiger partial charge is 0.241 e. The molecule has 18 heavy (non-hydrogen) atoms. The number of methoxy groups -OCH3 is 1. The fourth-order valence-corrected chi connectivity index (χ4v) is 2.13. The lowest BCUT2D eigenvalue weighted by Crippen LogP contribution is -2.33. The van der Waals surface area contributed by atoms with E-state index in [2.05, 4.69) is 5.32 Å². The summed E-state index contributed by atoms with van der Waals surface area (Å²) < 4.78 is 5.13. The van der Waals surface area contributed by atoms with E-state index >= 15 is 0 Å². The first-order valence-corrected chi connectivity index (χ1v) is 6.16. The second kappa shape index (κ2) is 5.62. The van der Waals surface area contributed by atoms with E-state index in [1.54, 1.807) is 13.2 Å². The summed E-state index contributed by atoms with van der Waals surface area (Å²) in [6.45, 7) is 2.01. The number of nitrogens with two attached hydrogens (primary N) is 1. The molecule has 1 amide bonds. The van der Waals surface area contributed by atoms with Crippen LogP contribution < -0.4 is 15.8 Å². The third kappa shape index (κ3) is 2.67. The van der Waals surface area contributed by atoms with Crippen LogP contribution in [-0.2, 0) is 4.79 Å². The van der Waals surface area contributed by atoms with E-state index in [1.807, 2.05) is 17.0 Å². The lowest BCUT2D eigenvalue weighted by molar-refractivity contribution is -0.128. The number of amides is 1. The zero-order valence-corrected chi connectivity index (χ0v) is 10.6. The van der Waals surface area contributed by atoms with Crippen molar-refractivity contribution in [3.05, 3.63) is 18.2 Å². The second-order valence-electron chi connectivity index (χ2n) is 4.36. The van der Waals surface area contributed by atoms with Crippen LogP contribution in [0.1, 0.15) is 12.8 Å². The molecule has 1 heterocycles. The molecule has 1 aromatic carbocycles. The lowest BCUT2D eigenvalue weighted by atomic mass is 10.2. The summed E-state index contributed by atoms with van der Waals surface area (Å²) in [5, 5.41) is 3.07. The van der Waals surface area contributed by atoms with Crippen molar-refractivity contribution < 1.29 is 9.53 Å². The highest BCUT2D eigenvalue weighted by molar-refractivity contribution is 5.83. The van der Waals surface area contributed by atoms with Crippen molar-refractivity contribution >= 4 is 17.3 Å². The Bertz CT molecular complexity index is 428. The number of hydrogen-bond donors (Lipinski definition) is 2. The van der Waals surface area contributed by atoms with Crippen LogP contribution in [0.3, 0.4) is 0 Å². The van der Waals surface area contributed by atoms with Gasteiger partial charge in [0.2, 0.25) is 5.91 Å². The zero-order valence-electron chi connectivity index (χ0n) is 10.6. The molecule has 5 nitrogen and oxygen atoms in total. The molecule has 1 aromatic rings. The Balaban J connectivity index is 1.95. The van der Waals surface area contributed by atoms with Crippen LogP contribution in [-0.4, -0.2) is 37.6 Å². The first-order valence-electron chi connectivity index (χ1n) is 6.16. The normalized spacial score (nSPS) is 14.6. The highest BCUT2D eigenvalue weighted by Gasteiger charge is 2.17. The van der Waals surface area contributed by atoms with Crippen LogP contribution in [0.25, 0.3) is 0 Å². The van der Waals surface area contributed by atoms with Crippen LogP contribution in [0.5, 0.6) is 5.75 Å². The van der Waals surface area contributed by atoms with Crippen LogP contribution in [0.2, 0.25) is 0 Å². The van der Waals surface area contributed by atoms with E-state index in [4.69, 9.17) is 10.5 Å². The maximum atomic E-state index is 11.9. The Hall–Kier alpha value is -1.91. The van der Waals surface area contributed by atoms with Gasteiger partial charge in [0.25, 0.3) is 0 Å². The molecule has 0 unspecified atom stereocenters. The van der Waals surface area contributed by atoms with Gasteiger partial charge in [-0.05, 0) is 25.0 Å². The first-order chi connectivity index (χ1) is 8.72. The Kier molecular flexibility index (Phi) is 3.92. The molecule has 0 saturated carbocycles. The average Bonchev–Trinajstić information content (AvgIpc) is 2.91. The highest BCUT2D eigenvalue weighted by atomic mass is 16.5.